The Morgan fingerprint density at radius 2 is 2.20 bits per heavy atom. The maximum atomic E-state index is 11.1. The monoisotopic (exact) mass is 204 g/mol. The predicted octanol–water partition coefficient (Wildman–Crippen LogP) is 2.07. The number of carbonyl (C=O) groups excluding carboxylic acids is 1. The van der Waals surface area contributed by atoms with Crippen molar-refractivity contribution < 1.29 is 9.53 Å². The van der Waals surface area contributed by atoms with Crippen molar-refractivity contribution in [1.82, 2.24) is 0 Å². The van der Waals surface area contributed by atoms with Crippen LogP contribution < -0.4 is 0 Å². The molecule has 80 valence electrons. The number of ether oxygens (including phenoxy) is 1. The topological polar surface area (TPSA) is 26.3 Å². The van der Waals surface area contributed by atoms with Crippen LogP contribution >= 0.6 is 0 Å². The van der Waals surface area contributed by atoms with Crippen LogP contribution in [0.15, 0.2) is 18.2 Å². The lowest BCUT2D eigenvalue weighted by atomic mass is 9.80. The molecule has 2 nitrogen and oxygen atoms in total. The molecule has 2 rings (SSSR count). The molecule has 0 bridgehead atoms. The largest absolute Gasteiger partial charge is 0.370 e. The molecule has 0 N–H and O–H groups in total. The Bertz CT molecular complexity index is 384. The second-order valence-electron chi connectivity index (χ2n) is 4.34. The van der Waals surface area contributed by atoms with Gasteiger partial charge in [0, 0.05) is 13.5 Å². The van der Waals surface area contributed by atoms with Crippen molar-refractivity contribution in [2.75, 3.05) is 7.11 Å². The number of hydrogen-bond acceptors (Lipinski definition) is 2. The highest BCUT2D eigenvalue weighted by atomic mass is 16.5. The highest BCUT2D eigenvalue weighted by Gasteiger charge is 2.33. The van der Waals surface area contributed by atoms with E-state index in [-0.39, 0.29) is 0 Å². The van der Waals surface area contributed by atoms with Crippen molar-refractivity contribution in [2.24, 2.45) is 0 Å². The summed E-state index contributed by atoms with van der Waals surface area (Å²) < 4.78 is 5.35. The second-order valence-corrected chi connectivity index (χ2v) is 4.34. The van der Waals surface area contributed by atoms with Crippen molar-refractivity contribution in [2.45, 2.75) is 31.8 Å². The molecule has 0 amide bonds. The Labute approximate surface area is 90.3 Å². The smallest absolute Gasteiger partial charge is 0.152 e. The third-order valence-electron chi connectivity index (χ3n) is 3.29. The van der Waals surface area contributed by atoms with Crippen LogP contribution in [-0.2, 0) is 22.4 Å². The average Bonchev–Trinajstić information content (AvgIpc) is 2.28. The van der Waals surface area contributed by atoms with Gasteiger partial charge in [-0.15, -0.1) is 0 Å². The molecule has 0 aliphatic heterocycles. The molecule has 0 aromatic heterocycles. The van der Waals surface area contributed by atoms with Gasteiger partial charge in [-0.05, 0) is 30.9 Å². The Morgan fingerprint density at radius 3 is 2.87 bits per heavy atom. The van der Waals surface area contributed by atoms with Gasteiger partial charge in [-0.2, -0.15) is 0 Å². The molecule has 0 fully saturated rings. The predicted molar refractivity (Wildman–Crippen MR) is 59.0 cm³/mol. The molecule has 0 heterocycles. The van der Waals surface area contributed by atoms with E-state index < -0.39 is 5.60 Å². The lowest BCUT2D eigenvalue weighted by molar-refractivity contribution is -0.128. The lowest BCUT2D eigenvalue weighted by Crippen LogP contribution is -2.39. The summed E-state index contributed by atoms with van der Waals surface area (Å²) in [7, 11) is 1.62. The lowest BCUT2D eigenvalue weighted by Gasteiger charge is -2.32. The number of methoxy groups -OCH3 is 1. The third kappa shape index (κ3) is 1.82. The van der Waals surface area contributed by atoms with E-state index in [9.17, 15) is 4.79 Å². The van der Waals surface area contributed by atoms with Crippen molar-refractivity contribution in [3.05, 3.63) is 34.9 Å². The molecule has 0 spiro atoms. The number of carbonyl (C=O) groups is 1. The SMILES string of the molecule is COC1(C=O)CCc2cc(C)ccc2C1. The van der Waals surface area contributed by atoms with Gasteiger partial charge >= 0.3 is 0 Å². The maximum absolute atomic E-state index is 11.1. The summed E-state index contributed by atoms with van der Waals surface area (Å²) in [5.41, 5.74) is 3.32. The Hall–Kier alpha value is -1.15. The number of aldehydes is 1. The van der Waals surface area contributed by atoms with Crippen LogP contribution in [0.4, 0.5) is 0 Å². The molecule has 0 saturated heterocycles. The first kappa shape index (κ1) is 10.4. The highest BCUT2D eigenvalue weighted by Crippen LogP contribution is 2.30. The summed E-state index contributed by atoms with van der Waals surface area (Å²) >= 11 is 0. The molecule has 1 unspecified atom stereocenters. The zero-order valence-corrected chi connectivity index (χ0v) is 9.25. The molecule has 0 saturated carbocycles. The van der Waals surface area contributed by atoms with Crippen LogP contribution in [0.2, 0.25) is 0 Å². The maximum Gasteiger partial charge on any atom is 0.152 e. The van der Waals surface area contributed by atoms with E-state index in [2.05, 4.69) is 25.1 Å². The first-order valence-corrected chi connectivity index (χ1v) is 5.29. The Balaban J connectivity index is 2.34. The van der Waals surface area contributed by atoms with Crippen LogP contribution in [0.3, 0.4) is 0 Å². The number of rotatable bonds is 2. The van der Waals surface area contributed by atoms with E-state index in [1.807, 2.05) is 0 Å². The van der Waals surface area contributed by atoms with Gasteiger partial charge < -0.3 is 9.53 Å². The summed E-state index contributed by atoms with van der Waals surface area (Å²) in [6.45, 7) is 2.10. The fourth-order valence-corrected chi connectivity index (χ4v) is 2.24. The summed E-state index contributed by atoms with van der Waals surface area (Å²) in [4.78, 5) is 11.1. The van der Waals surface area contributed by atoms with Gasteiger partial charge in [0.25, 0.3) is 0 Å². The minimum Gasteiger partial charge on any atom is -0.370 e. The normalized spacial score (nSPS) is 24.7. The fraction of sp³-hybridized carbons (Fsp3) is 0.462. The molecular formula is C13H16O2. The molecule has 1 aliphatic carbocycles. The van der Waals surface area contributed by atoms with Gasteiger partial charge in [0.1, 0.15) is 5.60 Å². The number of fused-ring (bicyclic) bond motifs is 1. The first-order chi connectivity index (χ1) is 7.19. The Morgan fingerprint density at radius 1 is 1.40 bits per heavy atom. The van der Waals surface area contributed by atoms with Crippen LogP contribution in [-0.4, -0.2) is 19.0 Å². The molecule has 15 heavy (non-hydrogen) atoms. The van der Waals surface area contributed by atoms with Gasteiger partial charge in [0.2, 0.25) is 0 Å². The first-order valence-electron chi connectivity index (χ1n) is 5.29. The van der Waals surface area contributed by atoms with Crippen LogP contribution in [0, 0.1) is 6.92 Å². The van der Waals surface area contributed by atoms with Gasteiger partial charge in [-0.1, -0.05) is 23.8 Å². The second kappa shape index (κ2) is 3.78. The van der Waals surface area contributed by atoms with Crippen LogP contribution in [0.1, 0.15) is 23.1 Å². The van der Waals surface area contributed by atoms with Crippen molar-refractivity contribution in [3.8, 4) is 0 Å². The molecule has 2 heteroatoms. The quantitative estimate of drug-likeness (QED) is 0.689. The number of benzene rings is 1. The zero-order chi connectivity index (χ0) is 10.9. The van der Waals surface area contributed by atoms with E-state index in [0.29, 0.717) is 6.42 Å². The standard InChI is InChI=1S/C13H16O2/c1-10-3-4-12-8-13(9-14,15-2)6-5-11(12)7-10/h3-4,7,9H,5-6,8H2,1-2H3. The summed E-state index contributed by atoms with van der Waals surface area (Å²) in [6, 6.07) is 6.41. The molecule has 1 aromatic carbocycles. The number of hydrogen-bond donors (Lipinski definition) is 0. The minimum absolute atomic E-state index is 0.581. The summed E-state index contributed by atoms with van der Waals surface area (Å²) in [6.07, 6.45) is 3.39. The molecule has 1 aromatic rings. The van der Waals surface area contributed by atoms with Gasteiger partial charge in [-0.25, -0.2) is 0 Å². The van der Waals surface area contributed by atoms with Crippen LogP contribution in [0.5, 0.6) is 0 Å². The van der Waals surface area contributed by atoms with Crippen molar-refractivity contribution >= 4 is 6.29 Å². The van der Waals surface area contributed by atoms with Crippen molar-refractivity contribution in [3.63, 3.8) is 0 Å². The number of aryl methyl sites for hydroxylation is 2. The summed E-state index contributed by atoms with van der Waals surface area (Å²) in [5, 5.41) is 0. The summed E-state index contributed by atoms with van der Waals surface area (Å²) in [5.74, 6) is 0. The Kier molecular flexibility index (Phi) is 2.61. The van der Waals surface area contributed by atoms with E-state index in [1.54, 1.807) is 7.11 Å². The fourth-order valence-electron chi connectivity index (χ4n) is 2.24. The molecule has 1 atom stereocenters. The average molecular weight is 204 g/mol. The molecule has 0 radical (unpaired) electrons. The van der Waals surface area contributed by atoms with Crippen molar-refractivity contribution in [1.29, 1.82) is 0 Å². The highest BCUT2D eigenvalue weighted by molar-refractivity contribution is 5.64. The molecular weight excluding hydrogens is 188 g/mol. The van der Waals surface area contributed by atoms with Gasteiger partial charge in [0.05, 0.1) is 0 Å². The van der Waals surface area contributed by atoms with Gasteiger partial charge in [0.15, 0.2) is 6.29 Å². The van der Waals surface area contributed by atoms with Gasteiger partial charge in [-0.3, -0.25) is 0 Å². The minimum atomic E-state index is -0.581. The third-order valence-corrected chi connectivity index (χ3v) is 3.29. The zero-order valence-electron chi connectivity index (χ0n) is 9.25. The van der Waals surface area contributed by atoms with Crippen LogP contribution in [0.25, 0.3) is 0 Å². The van der Waals surface area contributed by atoms with E-state index in [0.717, 1.165) is 19.1 Å². The van der Waals surface area contributed by atoms with E-state index in [1.165, 1.54) is 16.7 Å². The van der Waals surface area contributed by atoms with E-state index >= 15 is 0 Å². The van der Waals surface area contributed by atoms with E-state index in [4.69, 9.17) is 4.74 Å². The molecule has 1 aliphatic rings.